The molecule has 0 aliphatic heterocycles. The van der Waals surface area contributed by atoms with Gasteiger partial charge in [0.2, 0.25) is 10.0 Å². The van der Waals surface area contributed by atoms with Crippen LogP contribution in [0.4, 0.5) is 0 Å². The molecule has 0 radical (unpaired) electrons. The van der Waals surface area contributed by atoms with Crippen LogP contribution in [-0.2, 0) is 10.0 Å². The summed E-state index contributed by atoms with van der Waals surface area (Å²) in [6.07, 6.45) is 2.14. The minimum atomic E-state index is -3.55. The Morgan fingerprint density at radius 2 is 2.00 bits per heavy atom. The van der Waals surface area contributed by atoms with Crippen molar-refractivity contribution >= 4 is 15.8 Å². The number of carbonyl (C=O) groups is 1. The molecule has 0 bridgehead atoms. The molecule has 0 amide bonds. The lowest BCUT2D eigenvalue weighted by atomic mass is 9.93. The van der Waals surface area contributed by atoms with Crippen LogP contribution in [-0.4, -0.2) is 20.7 Å². The minimum Gasteiger partial charge on any atom is -0.295 e. The normalized spacial score (nSPS) is 17.2. The lowest BCUT2D eigenvalue weighted by Crippen LogP contribution is -2.32. The van der Waals surface area contributed by atoms with Crippen molar-refractivity contribution in [1.29, 1.82) is 0 Å². The van der Waals surface area contributed by atoms with Crippen LogP contribution in [0.5, 0.6) is 0 Å². The van der Waals surface area contributed by atoms with E-state index in [0.717, 1.165) is 12.8 Å². The van der Waals surface area contributed by atoms with Crippen molar-refractivity contribution in [2.75, 3.05) is 6.54 Å². The molecule has 1 saturated carbocycles. The molecule has 1 aliphatic rings. The number of hydrogen-bond acceptors (Lipinski definition) is 3. The summed E-state index contributed by atoms with van der Waals surface area (Å²) < 4.78 is 27.2. The number of sulfonamides is 1. The first-order valence-corrected chi connectivity index (χ1v) is 8.36. The monoisotopic (exact) mass is 295 g/mol. The van der Waals surface area contributed by atoms with E-state index in [9.17, 15) is 13.2 Å². The number of ketones is 1. The Labute approximate surface area is 120 Å². The van der Waals surface area contributed by atoms with Crippen molar-refractivity contribution in [3.63, 3.8) is 0 Å². The molecule has 2 rings (SSSR count). The summed E-state index contributed by atoms with van der Waals surface area (Å²) in [6.45, 7) is 6.14. The van der Waals surface area contributed by atoms with Gasteiger partial charge in [0, 0.05) is 12.1 Å². The highest BCUT2D eigenvalue weighted by Crippen LogP contribution is 2.51. The SMILES string of the molecule is CC(=O)c1cccc(S(=O)(=O)NCC2(C(C)C)CC2)c1. The van der Waals surface area contributed by atoms with Crippen LogP contribution in [0.25, 0.3) is 0 Å². The molecule has 0 aromatic heterocycles. The van der Waals surface area contributed by atoms with Crippen LogP contribution in [0.1, 0.15) is 44.0 Å². The quantitative estimate of drug-likeness (QED) is 0.821. The Hall–Kier alpha value is -1.20. The van der Waals surface area contributed by atoms with Gasteiger partial charge in [-0.2, -0.15) is 0 Å². The summed E-state index contributed by atoms with van der Waals surface area (Å²) in [5.74, 6) is 0.330. The number of carbonyl (C=O) groups excluding carboxylic acids is 1. The van der Waals surface area contributed by atoms with E-state index < -0.39 is 10.0 Å². The Morgan fingerprint density at radius 3 is 2.50 bits per heavy atom. The fraction of sp³-hybridized carbons (Fsp3) is 0.533. The topological polar surface area (TPSA) is 63.2 Å². The lowest BCUT2D eigenvalue weighted by molar-refractivity contribution is 0.101. The van der Waals surface area contributed by atoms with E-state index in [-0.39, 0.29) is 16.1 Å². The predicted molar refractivity (Wildman–Crippen MR) is 78.1 cm³/mol. The van der Waals surface area contributed by atoms with E-state index in [4.69, 9.17) is 0 Å². The van der Waals surface area contributed by atoms with E-state index >= 15 is 0 Å². The molecule has 1 aliphatic carbocycles. The third-order valence-electron chi connectivity index (χ3n) is 4.28. The molecular formula is C15H21NO3S. The Bertz CT molecular complexity index is 616. The summed E-state index contributed by atoms with van der Waals surface area (Å²) in [5, 5.41) is 0. The zero-order valence-electron chi connectivity index (χ0n) is 12.1. The first-order chi connectivity index (χ1) is 9.27. The van der Waals surface area contributed by atoms with E-state index in [0.29, 0.717) is 18.0 Å². The maximum absolute atomic E-state index is 12.3. The molecule has 1 aromatic rings. The van der Waals surface area contributed by atoms with Gasteiger partial charge in [0.15, 0.2) is 5.78 Å². The summed E-state index contributed by atoms with van der Waals surface area (Å²) in [7, 11) is -3.55. The van der Waals surface area contributed by atoms with Gasteiger partial charge < -0.3 is 0 Å². The molecule has 4 nitrogen and oxygen atoms in total. The number of Topliss-reactive ketones (excluding diaryl/α,β-unsaturated/α-hetero) is 1. The van der Waals surface area contributed by atoms with E-state index in [2.05, 4.69) is 18.6 Å². The summed E-state index contributed by atoms with van der Waals surface area (Å²) in [5.41, 5.74) is 0.531. The Kier molecular flexibility index (Phi) is 4.02. The third kappa shape index (κ3) is 3.10. The largest absolute Gasteiger partial charge is 0.295 e. The van der Waals surface area contributed by atoms with Gasteiger partial charge in [0.1, 0.15) is 0 Å². The molecule has 110 valence electrons. The highest BCUT2D eigenvalue weighted by atomic mass is 32.2. The number of benzene rings is 1. The van der Waals surface area contributed by atoms with Crippen molar-refractivity contribution in [3.8, 4) is 0 Å². The van der Waals surface area contributed by atoms with Gasteiger partial charge >= 0.3 is 0 Å². The van der Waals surface area contributed by atoms with Gasteiger partial charge in [-0.15, -0.1) is 0 Å². The maximum atomic E-state index is 12.3. The van der Waals surface area contributed by atoms with E-state index in [1.807, 2.05) is 0 Å². The molecule has 5 heteroatoms. The van der Waals surface area contributed by atoms with Crippen molar-refractivity contribution in [2.45, 2.75) is 38.5 Å². The maximum Gasteiger partial charge on any atom is 0.240 e. The smallest absolute Gasteiger partial charge is 0.240 e. The van der Waals surface area contributed by atoms with Gasteiger partial charge in [0.25, 0.3) is 0 Å². The summed E-state index contributed by atoms with van der Waals surface area (Å²) in [6, 6.07) is 6.17. The summed E-state index contributed by atoms with van der Waals surface area (Å²) in [4.78, 5) is 11.5. The van der Waals surface area contributed by atoms with Gasteiger partial charge in [-0.05, 0) is 43.2 Å². The average Bonchev–Trinajstić information content (AvgIpc) is 3.18. The Balaban J connectivity index is 2.15. The molecule has 1 fully saturated rings. The van der Waals surface area contributed by atoms with Crippen LogP contribution >= 0.6 is 0 Å². The molecule has 1 N–H and O–H groups in total. The standard InChI is InChI=1S/C15H21NO3S/c1-11(2)15(7-8-15)10-16-20(18,19)14-6-4-5-13(9-14)12(3)17/h4-6,9,11,16H,7-8,10H2,1-3H3. The second kappa shape index (κ2) is 5.30. The van der Waals surface area contributed by atoms with Crippen LogP contribution in [0.2, 0.25) is 0 Å². The van der Waals surface area contributed by atoms with Crippen molar-refractivity contribution < 1.29 is 13.2 Å². The van der Waals surface area contributed by atoms with Crippen LogP contribution < -0.4 is 4.72 Å². The number of hydrogen-bond donors (Lipinski definition) is 1. The Morgan fingerprint density at radius 1 is 1.35 bits per heavy atom. The third-order valence-corrected chi connectivity index (χ3v) is 5.68. The number of rotatable bonds is 6. The fourth-order valence-electron chi connectivity index (χ4n) is 2.32. The predicted octanol–water partition coefficient (Wildman–Crippen LogP) is 2.60. The highest BCUT2D eigenvalue weighted by molar-refractivity contribution is 7.89. The zero-order valence-corrected chi connectivity index (χ0v) is 13.0. The molecular weight excluding hydrogens is 274 g/mol. The first kappa shape index (κ1) is 15.2. The second-order valence-electron chi connectivity index (χ2n) is 5.93. The lowest BCUT2D eigenvalue weighted by Gasteiger charge is -2.20. The number of nitrogens with one attached hydrogen (secondary N) is 1. The van der Waals surface area contributed by atoms with Crippen LogP contribution in [0.15, 0.2) is 29.2 Å². The molecule has 0 heterocycles. The zero-order chi connectivity index (χ0) is 15.0. The first-order valence-electron chi connectivity index (χ1n) is 6.87. The van der Waals surface area contributed by atoms with Crippen LogP contribution in [0, 0.1) is 11.3 Å². The molecule has 0 spiro atoms. The van der Waals surface area contributed by atoms with Crippen molar-refractivity contribution in [1.82, 2.24) is 4.72 Å². The van der Waals surface area contributed by atoms with Crippen LogP contribution in [0.3, 0.4) is 0 Å². The summed E-state index contributed by atoms with van der Waals surface area (Å²) >= 11 is 0. The molecule has 0 atom stereocenters. The highest BCUT2D eigenvalue weighted by Gasteiger charge is 2.45. The van der Waals surface area contributed by atoms with Crippen molar-refractivity contribution in [2.24, 2.45) is 11.3 Å². The molecule has 1 aromatic carbocycles. The van der Waals surface area contributed by atoms with Gasteiger partial charge in [-0.3, -0.25) is 4.79 Å². The van der Waals surface area contributed by atoms with Crippen molar-refractivity contribution in [3.05, 3.63) is 29.8 Å². The van der Waals surface area contributed by atoms with E-state index in [1.165, 1.54) is 19.1 Å². The molecule has 0 saturated heterocycles. The average molecular weight is 295 g/mol. The van der Waals surface area contributed by atoms with Gasteiger partial charge in [-0.1, -0.05) is 26.0 Å². The minimum absolute atomic E-state index is 0.116. The van der Waals surface area contributed by atoms with E-state index in [1.54, 1.807) is 12.1 Å². The van der Waals surface area contributed by atoms with Gasteiger partial charge in [-0.25, -0.2) is 13.1 Å². The second-order valence-corrected chi connectivity index (χ2v) is 7.69. The molecule has 20 heavy (non-hydrogen) atoms. The molecule has 0 unspecified atom stereocenters. The fourth-order valence-corrected chi connectivity index (χ4v) is 3.51. The van der Waals surface area contributed by atoms with Gasteiger partial charge in [0.05, 0.1) is 4.90 Å².